The van der Waals surface area contributed by atoms with Crippen molar-refractivity contribution in [2.24, 2.45) is 0 Å². The van der Waals surface area contributed by atoms with Gasteiger partial charge in [0, 0.05) is 0 Å². The molecule has 0 aliphatic heterocycles. The van der Waals surface area contributed by atoms with Crippen molar-refractivity contribution in [3.05, 3.63) is 0 Å². The van der Waals surface area contributed by atoms with Gasteiger partial charge in [0.25, 0.3) is 0 Å². The first kappa shape index (κ1) is 32.9. The Kier molecular flexibility index (Phi) is 46.6. The zero-order chi connectivity index (χ0) is 15.0. The molecular formula is C6H15Al2O9P3+6. The quantitative estimate of drug-likeness (QED) is 0.435. The average molecular weight is 378 g/mol. The second-order valence-corrected chi connectivity index (χ2v) is 4.04. The molecule has 0 rings (SSSR count). The van der Waals surface area contributed by atoms with Crippen LogP contribution in [-0.4, -0.2) is 54.5 Å². The molecule has 9 nitrogen and oxygen atoms in total. The van der Waals surface area contributed by atoms with E-state index in [4.69, 9.17) is 0 Å². The van der Waals surface area contributed by atoms with Crippen molar-refractivity contribution >= 4 is 59.5 Å². The summed E-state index contributed by atoms with van der Waals surface area (Å²) < 4.78 is 40.2. The van der Waals surface area contributed by atoms with Gasteiger partial charge in [-0.2, -0.15) is 0 Å². The summed E-state index contributed by atoms with van der Waals surface area (Å²) in [7, 11) is -7.80. The Morgan fingerprint density at radius 1 is 0.650 bits per heavy atom. The summed E-state index contributed by atoms with van der Waals surface area (Å²) in [5, 5.41) is 0. The van der Waals surface area contributed by atoms with Crippen LogP contribution in [0.1, 0.15) is 20.8 Å². The van der Waals surface area contributed by atoms with Crippen LogP contribution in [0.4, 0.5) is 0 Å². The van der Waals surface area contributed by atoms with E-state index in [0.29, 0.717) is 0 Å². The van der Waals surface area contributed by atoms with Gasteiger partial charge in [-0.25, -0.2) is 0 Å². The Bertz CT molecular complexity index is 206. The SMILES string of the molecule is CCO[P+](=O)[O-].CCO[P+](=O)[O-].CCO[P+](=O)[O-].[Al+3].[Al+3]. The van der Waals surface area contributed by atoms with Crippen LogP contribution < -0.4 is 14.7 Å². The maximum atomic E-state index is 9.41. The molecule has 20 heavy (non-hydrogen) atoms. The third-order valence-corrected chi connectivity index (χ3v) is 2.11. The Balaban J connectivity index is -0.0000000536. The molecule has 0 radical (unpaired) electrons. The summed E-state index contributed by atoms with van der Waals surface area (Å²) in [4.78, 5) is 28.2. The van der Waals surface area contributed by atoms with E-state index in [1.165, 1.54) is 0 Å². The van der Waals surface area contributed by atoms with Gasteiger partial charge < -0.3 is 14.7 Å². The van der Waals surface area contributed by atoms with Crippen LogP contribution in [0, 0.1) is 0 Å². The van der Waals surface area contributed by atoms with E-state index in [-0.39, 0.29) is 54.5 Å². The van der Waals surface area contributed by atoms with E-state index in [2.05, 4.69) is 13.6 Å². The minimum atomic E-state index is -2.60. The molecule has 0 saturated carbocycles. The molecule has 0 fully saturated rings. The molecular weight excluding hydrogens is 363 g/mol. The van der Waals surface area contributed by atoms with Gasteiger partial charge in [0.15, 0.2) is 0 Å². The molecule has 0 bridgehead atoms. The van der Waals surface area contributed by atoms with Crippen LogP contribution in [0.3, 0.4) is 0 Å². The van der Waals surface area contributed by atoms with Crippen molar-refractivity contribution in [3.8, 4) is 0 Å². The average Bonchev–Trinajstić information content (AvgIpc) is 2.18. The topological polar surface area (TPSA) is 148 Å². The molecule has 0 amide bonds. The van der Waals surface area contributed by atoms with E-state index >= 15 is 0 Å². The van der Waals surface area contributed by atoms with Gasteiger partial charge in [0.05, 0.1) is 19.8 Å². The van der Waals surface area contributed by atoms with Gasteiger partial charge in [-0.05, 0) is 34.5 Å². The summed E-state index contributed by atoms with van der Waals surface area (Å²) >= 11 is 0. The largest absolute Gasteiger partial charge is 3.00 e. The maximum Gasteiger partial charge on any atom is 3.00 e. The number of rotatable bonds is 6. The van der Waals surface area contributed by atoms with E-state index in [1.807, 2.05) is 0 Å². The first-order valence-electron chi connectivity index (χ1n) is 4.63. The summed E-state index contributed by atoms with van der Waals surface area (Å²) in [5.74, 6) is 0. The standard InChI is InChI=1S/3C2H5O3P.2Al/c3*1-2-5-6(3)4;;/h3*2H2,1H3;;/q;;;2*+3. The Morgan fingerprint density at radius 3 is 0.800 bits per heavy atom. The van der Waals surface area contributed by atoms with Crippen LogP contribution in [0.2, 0.25) is 0 Å². The van der Waals surface area contributed by atoms with Gasteiger partial charge in [0.1, 0.15) is 0 Å². The fourth-order valence-electron chi connectivity index (χ4n) is 0.316. The fraction of sp³-hybridized carbons (Fsp3) is 1.00. The molecule has 0 aliphatic rings. The Labute approximate surface area is 142 Å². The Morgan fingerprint density at radius 2 is 0.800 bits per heavy atom. The van der Waals surface area contributed by atoms with Crippen molar-refractivity contribution in [1.82, 2.24) is 0 Å². The van der Waals surface area contributed by atoms with Crippen molar-refractivity contribution in [3.63, 3.8) is 0 Å². The van der Waals surface area contributed by atoms with Crippen LogP contribution in [0.15, 0.2) is 0 Å². The summed E-state index contributed by atoms with van der Waals surface area (Å²) in [5.41, 5.74) is 0. The second-order valence-electron chi connectivity index (χ2n) is 1.92. The van der Waals surface area contributed by atoms with Gasteiger partial charge in [0.2, 0.25) is 0 Å². The van der Waals surface area contributed by atoms with Gasteiger partial charge in [-0.3, -0.25) is 0 Å². The van der Waals surface area contributed by atoms with Crippen molar-refractivity contribution in [2.45, 2.75) is 20.8 Å². The fourth-order valence-corrected chi connectivity index (χ4v) is 0.949. The third kappa shape index (κ3) is 61.3. The van der Waals surface area contributed by atoms with Crippen molar-refractivity contribution < 1.29 is 41.9 Å². The molecule has 0 aromatic heterocycles. The number of hydrogen-bond acceptors (Lipinski definition) is 9. The van der Waals surface area contributed by atoms with E-state index < -0.39 is 24.8 Å². The van der Waals surface area contributed by atoms with Gasteiger partial charge >= 0.3 is 59.5 Å². The van der Waals surface area contributed by atoms with E-state index in [0.717, 1.165) is 0 Å². The molecule has 0 aliphatic carbocycles. The molecule has 0 aromatic carbocycles. The van der Waals surface area contributed by atoms with Crippen LogP contribution in [0.25, 0.3) is 0 Å². The predicted molar refractivity (Wildman–Crippen MR) is 69.2 cm³/mol. The molecule has 108 valence electrons. The van der Waals surface area contributed by atoms with Gasteiger partial charge in [-0.1, -0.05) is 0 Å². The molecule has 0 spiro atoms. The van der Waals surface area contributed by atoms with Crippen LogP contribution in [0.5, 0.6) is 0 Å². The smallest absolute Gasteiger partial charge is 0.566 e. The summed E-state index contributed by atoms with van der Waals surface area (Å²) in [6, 6.07) is 0. The second kappa shape index (κ2) is 28.3. The molecule has 0 saturated heterocycles. The van der Waals surface area contributed by atoms with Crippen molar-refractivity contribution in [1.29, 1.82) is 0 Å². The van der Waals surface area contributed by atoms with Crippen molar-refractivity contribution in [2.75, 3.05) is 19.8 Å². The first-order chi connectivity index (χ1) is 8.31. The van der Waals surface area contributed by atoms with Crippen LogP contribution >= 0.6 is 24.8 Å². The minimum Gasteiger partial charge on any atom is -0.566 e. The molecule has 0 N–H and O–H groups in total. The monoisotopic (exact) mass is 378 g/mol. The van der Waals surface area contributed by atoms with Crippen LogP contribution in [-0.2, 0) is 27.3 Å². The first-order valence-corrected chi connectivity index (χ1v) is 7.92. The molecule has 14 heteroatoms. The summed E-state index contributed by atoms with van der Waals surface area (Å²) in [6.45, 7) is 5.55. The number of hydrogen-bond donors (Lipinski definition) is 0. The van der Waals surface area contributed by atoms with Gasteiger partial charge in [-0.15, -0.1) is 13.6 Å². The molecule has 0 heterocycles. The minimum absolute atomic E-state index is 0. The summed E-state index contributed by atoms with van der Waals surface area (Å²) in [6.07, 6.45) is 0. The third-order valence-electron chi connectivity index (χ3n) is 0.704. The van der Waals surface area contributed by atoms with E-state index in [1.54, 1.807) is 20.8 Å². The predicted octanol–water partition coefficient (Wildman–Crippen LogP) is -0.640. The van der Waals surface area contributed by atoms with E-state index in [9.17, 15) is 28.4 Å². The normalized spacial score (nSPS) is 10.2. The maximum absolute atomic E-state index is 9.41. The molecule has 3 atom stereocenters. The zero-order valence-corrected chi connectivity index (χ0v) is 16.3. The molecule has 0 aromatic rings. The Hall–Kier alpha value is 1.12. The zero-order valence-electron chi connectivity index (χ0n) is 11.3. The molecule has 3 unspecified atom stereocenters.